The molecule has 0 bridgehead atoms. The van der Waals surface area contributed by atoms with Crippen molar-refractivity contribution >= 4 is 0 Å². The summed E-state index contributed by atoms with van der Waals surface area (Å²) in [5, 5.41) is 0. The Hall–Kier alpha value is -1.29. The van der Waals surface area contributed by atoms with E-state index in [0.717, 1.165) is 24.5 Å². The van der Waals surface area contributed by atoms with Crippen molar-refractivity contribution in [3.05, 3.63) is 35.7 Å². The molecule has 100 valence electrons. The lowest BCUT2D eigenvalue weighted by Gasteiger charge is -1.95. The van der Waals surface area contributed by atoms with Crippen LogP contribution in [0.1, 0.15) is 55.4 Å². The monoisotopic (exact) mass is 240 g/mol. The van der Waals surface area contributed by atoms with Gasteiger partial charge in [-0.3, -0.25) is 0 Å². The SMILES string of the molecule is C.C.C#C/C=C(F)/C=C\C(=C/C)CCC.CC. The molecule has 0 radical (unpaired) electrons. The molecule has 0 aliphatic rings. The van der Waals surface area contributed by atoms with Gasteiger partial charge in [0.25, 0.3) is 0 Å². The summed E-state index contributed by atoms with van der Waals surface area (Å²) in [7, 11) is 0. The highest BCUT2D eigenvalue weighted by Crippen LogP contribution is 2.08. The normalized spacial score (nSPS) is 10.6. The zero-order valence-electron chi connectivity index (χ0n) is 10.2. The Bertz CT molecular complexity index is 262. The maximum Gasteiger partial charge on any atom is 0.131 e. The Kier molecular flexibility index (Phi) is 29.4. The fourth-order valence-corrected chi connectivity index (χ4v) is 0.927. The van der Waals surface area contributed by atoms with E-state index in [1.54, 1.807) is 6.08 Å². The summed E-state index contributed by atoms with van der Waals surface area (Å²) in [5.74, 6) is 1.76. The Balaban J connectivity index is -0.000000199. The van der Waals surface area contributed by atoms with Gasteiger partial charge in [0.2, 0.25) is 0 Å². The highest BCUT2D eigenvalue weighted by atomic mass is 19.1. The second-order valence-electron chi connectivity index (χ2n) is 2.64. The second kappa shape index (κ2) is 20.2. The maximum absolute atomic E-state index is 12.7. The smallest absolute Gasteiger partial charge is 0.131 e. The van der Waals surface area contributed by atoms with Crippen LogP contribution >= 0.6 is 0 Å². The molecular weight excluding hydrogens is 211 g/mol. The van der Waals surface area contributed by atoms with Crippen LogP contribution < -0.4 is 0 Å². The first kappa shape index (κ1) is 24.8. The number of hydrogen-bond donors (Lipinski definition) is 0. The van der Waals surface area contributed by atoms with Crippen molar-refractivity contribution in [3.8, 4) is 12.3 Å². The van der Waals surface area contributed by atoms with E-state index >= 15 is 0 Å². The minimum Gasteiger partial charge on any atom is -0.206 e. The van der Waals surface area contributed by atoms with E-state index < -0.39 is 0 Å². The van der Waals surface area contributed by atoms with Gasteiger partial charge < -0.3 is 0 Å². The predicted octanol–water partition coefficient (Wildman–Crippen LogP) is 6.07. The molecule has 0 saturated heterocycles. The van der Waals surface area contributed by atoms with E-state index in [-0.39, 0.29) is 20.7 Å². The Morgan fingerprint density at radius 3 is 2.12 bits per heavy atom. The molecule has 0 amide bonds. The fourth-order valence-electron chi connectivity index (χ4n) is 0.927. The van der Waals surface area contributed by atoms with Gasteiger partial charge in [0.05, 0.1) is 0 Å². The summed E-state index contributed by atoms with van der Waals surface area (Å²) in [6.07, 6.45) is 13.2. The van der Waals surface area contributed by atoms with Crippen molar-refractivity contribution in [3.63, 3.8) is 0 Å². The van der Waals surface area contributed by atoms with E-state index in [1.165, 1.54) is 6.08 Å². The lowest BCUT2D eigenvalue weighted by atomic mass is 10.1. The molecule has 0 spiro atoms. The number of terminal acetylenes is 1. The van der Waals surface area contributed by atoms with Crippen molar-refractivity contribution in [2.24, 2.45) is 0 Å². The maximum atomic E-state index is 12.7. The number of halogens is 1. The van der Waals surface area contributed by atoms with E-state index in [4.69, 9.17) is 6.42 Å². The fraction of sp³-hybridized carbons (Fsp3) is 0.500. The summed E-state index contributed by atoms with van der Waals surface area (Å²) < 4.78 is 12.7. The average Bonchev–Trinajstić information content (AvgIpc) is 2.27. The molecule has 0 fully saturated rings. The summed E-state index contributed by atoms with van der Waals surface area (Å²) in [4.78, 5) is 0. The highest BCUT2D eigenvalue weighted by molar-refractivity contribution is 5.27. The minimum atomic E-state index is -0.377. The van der Waals surface area contributed by atoms with Crippen LogP contribution in [0.15, 0.2) is 35.7 Å². The standard InChI is InChI=1S/C12H15F.C2H6.2CH4/c1-4-7-11(6-3)9-10-12(13)8-5-2;1-2;;/h2,6,8-10H,4,7H2,1,3H3;1-2H3;2*1H4/b10-9-,11-6-,12-8-;;;. The molecule has 0 aromatic carbocycles. The lowest BCUT2D eigenvalue weighted by molar-refractivity contribution is 0.667. The van der Waals surface area contributed by atoms with Gasteiger partial charge in [-0.15, -0.1) is 6.42 Å². The first-order valence-corrected chi connectivity index (χ1v) is 5.39. The Labute approximate surface area is 108 Å². The van der Waals surface area contributed by atoms with Gasteiger partial charge in [-0.25, -0.2) is 4.39 Å². The van der Waals surface area contributed by atoms with E-state index in [2.05, 4.69) is 12.8 Å². The molecule has 0 atom stereocenters. The van der Waals surface area contributed by atoms with Gasteiger partial charge >= 0.3 is 0 Å². The van der Waals surface area contributed by atoms with Crippen LogP contribution in [0.5, 0.6) is 0 Å². The predicted molar refractivity (Wildman–Crippen MR) is 80.6 cm³/mol. The molecule has 0 aromatic heterocycles. The Morgan fingerprint density at radius 2 is 1.76 bits per heavy atom. The number of allylic oxidation sites excluding steroid dienone is 6. The van der Waals surface area contributed by atoms with Gasteiger partial charge in [0, 0.05) is 6.08 Å². The van der Waals surface area contributed by atoms with Crippen LogP contribution in [0.4, 0.5) is 4.39 Å². The van der Waals surface area contributed by atoms with E-state index in [0.29, 0.717) is 0 Å². The zero-order valence-corrected chi connectivity index (χ0v) is 10.2. The van der Waals surface area contributed by atoms with Crippen molar-refractivity contribution < 1.29 is 4.39 Å². The third-order valence-corrected chi connectivity index (χ3v) is 1.59. The summed E-state index contributed by atoms with van der Waals surface area (Å²) >= 11 is 0. The quantitative estimate of drug-likeness (QED) is 0.413. The molecule has 0 aliphatic carbocycles. The molecule has 0 aromatic rings. The van der Waals surface area contributed by atoms with Crippen molar-refractivity contribution in [1.29, 1.82) is 0 Å². The molecular formula is C16H29F. The highest BCUT2D eigenvalue weighted by Gasteiger charge is 1.89. The van der Waals surface area contributed by atoms with Gasteiger partial charge in [-0.2, -0.15) is 0 Å². The van der Waals surface area contributed by atoms with Crippen LogP contribution in [0.3, 0.4) is 0 Å². The number of rotatable bonds is 4. The van der Waals surface area contributed by atoms with Crippen LogP contribution in [-0.4, -0.2) is 0 Å². The zero-order chi connectivity index (χ0) is 12.1. The van der Waals surface area contributed by atoms with Crippen LogP contribution in [0.2, 0.25) is 0 Å². The molecule has 17 heavy (non-hydrogen) atoms. The molecule has 0 saturated carbocycles. The lowest BCUT2D eigenvalue weighted by Crippen LogP contribution is -1.76. The summed E-state index contributed by atoms with van der Waals surface area (Å²) in [6, 6.07) is 0. The topological polar surface area (TPSA) is 0 Å². The Morgan fingerprint density at radius 1 is 1.24 bits per heavy atom. The van der Waals surface area contributed by atoms with Crippen LogP contribution in [-0.2, 0) is 0 Å². The molecule has 0 rings (SSSR count). The van der Waals surface area contributed by atoms with Gasteiger partial charge in [-0.05, 0) is 19.4 Å². The molecule has 0 N–H and O–H groups in total. The minimum absolute atomic E-state index is 0. The number of hydrogen-bond acceptors (Lipinski definition) is 0. The molecule has 0 nitrogen and oxygen atoms in total. The average molecular weight is 240 g/mol. The summed E-state index contributed by atoms with van der Waals surface area (Å²) in [6.45, 7) is 8.03. The van der Waals surface area contributed by atoms with Crippen molar-refractivity contribution in [1.82, 2.24) is 0 Å². The van der Waals surface area contributed by atoms with Crippen molar-refractivity contribution in [2.45, 2.75) is 55.4 Å². The molecule has 0 unspecified atom stereocenters. The third kappa shape index (κ3) is 17.3. The third-order valence-electron chi connectivity index (χ3n) is 1.59. The van der Waals surface area contributed by atoms with Gasteiger partial charge in [0.15, 0.2) is 0 Å². The second-order valence-corrected chi connectivity index (χ2v) is 2.64. The van der Waals surface area contributed by atoms with E-state index in [1.807, 2.05) is 26.8 Å². The first-order valence-electron chi connectivity index (χ1n) is 5.39. The molecule has 0 aliphatic heterocycles. The van der Waals surface area contributed by atoms with Gasteiger partial charge in [-0.1, -0.05) is 65.7 Å². The molecule has 1 heteroatoms. The van der Waals surface area contributed by atoms with Crippen LogP contribution in [0.25, 0.3) is 0 Å². The largest absolute Gasteiger partial charge is 0.206 e. The first-order chi connectivity index (χ1) is 7.24. The molecule has 0 heterocycles. The van der Waals surface area contributed by atoms with E-state index in [9.17, 15) is 4.39 Å². The van der Waals surface area contributed by atoms with Crippen molar-refractivity contribution in [2.75, 3.05) is 0 Å². The van der Waals surface area contributed by atoms with Gasteiger partial charge in [0.1, 0.15) is 5.83 Å². The summed E-state index contributed by atoms with van der Waals surface area (Å²) in [5.41, 5.74) is 1.13. The van der Waals surface area contributed by atoms with Crippen LogP contribution in [0, 0.1) is 12.3 Å².